The number of hydrogen-bond donors (Lipinski definition) is 1. The van der Waals surface area contributed by atoms with E-state index in [2.05, 4.69) is 5.32 Å². The first kappa shape index (κ1) is 12.1. The number of likely N-dealkylation sites (N-methyl/N-ethyl adjacent to an activating group) is 1. The summed E-state index contributed by atoms with van der Waals surface area (Å²) in [4.78, 5) is 11.6. The molecule has 0 saturated heterocycles. The van der Waals surface area contributed by atoms with Crippen molar-refractivity contribution in [1.82, 2.24) is 5.32 Å². The molecule has 0 aromatic heterocycles. The van der Waals surface area contributed by atoms with Crippen molar-refractivity contribution < 1.29 is 9.18 Å². The molecule has 1 atom stereocenters. The van der Waals surface area contributed by atoms with Crippen molar-refractivity contribution in [3.8, 4) is 0 Å². The second-order valence-electron chi connectivity index (χ2n) is 3.39. The van der Waals surface area contributed by atoms with Crippen LogP contribution < -0.4 is 5.32 Å². The molecule has 1 aromatic rings. The van der Waals surface area contributed by atoms with Gasteiger partial charge in [0, 0.05) is 11.4 Å². The Kier molecular flexibility index (Phi) is 4.24. The minimum atomic E-state index is -0.391. The smallest absolute Gasteiger partial charge is 0.153 e. The summed E-state index contributed by atoms with van der Waals surface area (Å²) in [6.07, 6.45) is 0.223. The van der Waals surface area contributed by atoms with E-state index >= 15 is 0 Å². The highest BCUT2D eigenvalue weighted by Crippen LogP contribution is 2.18. The molecule has 0 heterocycles. The number of rotatable bonds is 4. The van der Waals surface area contributed by atoms with Crippen molar-refractivity contribution in [2.75, 3.05) is 7.05 Å². The number of carbonyl (C=O) groups excluding carboxylic acids is 1. The van der Waals surface area contributed by atoms with Crippen LogP contribution in [0.25, 0.3) is 0 Å². The molecule has 1 aromatic carbocycles. The summed E-state index contributed by atoms with van der Waals surface area (Å²) in [5, 5.41) is 3.15. The summed E-state index contributed by atoms with van der Waals surface area (Å²) >= 11 is 5.81. The van der Waals surface area contributed by atoms with Gasteiger partial charge in [0.15, 0.2) is 5.78 Å². The van der Waals surface area contributed by atoms with E-state index in [-0.39, 0.29) is 18.2 Å². The molecule has 0 aliphatic heterocycles. The van der Waals surface area contributed by atoms with Gasteiger partial charge in [0.25, 0.3) is 0 Å². The zero-order valence-electron chi connectivity index (χ0n) is 8.68. The molecule has 0 saturated carbocycles. The fourth-order valence-corrected chi connectivity index (χ4v) is 1.40. The van der Waals surface area contributed by atoms with Gasteiger partial charge in [-0.15, -0.1) is 0 Å². The van der Waals surface area contributed by atoms with Gasteiger partial charge in [0.05, 0.1) is 6.04 Å². The van der Waals surface area contributed by atoms with E-state index in [4.69, 9.17) is 11.6 Å². The molecule has 4 heteroatoms. The summed E-state index contributed by atoms with van der Waals surface area (Å²) < 4.78 is 12.7. The summed E-state index contributed by atoms with van der Waals surface area (Å²) in [5.74, 6) is -0.358. The first-order valence-corrected chi connectivity index (χ1v) is 5.06. The molecular weight excluding hydrogens is 217 g/mol. The van der Waals surface area contributed by atoms with E-state index in [9.17, 15) is 9.18 Å². The standard InChI is InChI=1S/C11H13ClFNO/c1-7(14-2)11(15)5-8-3-4-9(13)6-10(8)12/h3-4,6-7,14H,5H2,1-2H3. The van der Waals surface area contributed by atoms with Gasteiger partial charge in [-0.1, -0.05) is 17.7 Å². The van der Waals surface area contributed by atoms with Crippen LogP contribution in [0.4, 0.5) is 4.39 Å². The summed E-state index contributed by atoms with van der Waals surface area (Å²) in [6, 6.07) is 3.84. The Morgan fingerprint density at radius 3 is 2.80 bits per heavy atom. The highest BCUT2D eigenvalue weighted by Gasteiger charge is 2.13. The highest BCUT2D eigenvalue weighted by atomic mass is 35.5. The van der Waals surface area contributed by atoms with E-state index < -0.39 is 5.82 Å². The largest absolute Gasteiger partial charge is 0.311 e. The van der Waals surface area contributed by atoms with Crippen LogP contribution in [0.1, 0.15) is 12.5 Å². The fourth-order valence-electron chi connectivity index (χ4n) is 1.17. The van der Waals surface area contributed by atoms with Gasteiger partial charge in [0.2, 0.25) is 0 Å². The SMILES string of the molecule is CNC(C)C(=O)Cc1ccc(F)cc1Cl. The van der Waals surface area contributed by atoms with Crippen LogP contribution in [0.3, 0.4) is 0 Å². The normalized spacial score (nSPS) is 12.5. The molecule has 1 rings (SSSR count). The second kappa shape index (κ2) is 5.24. The van der Waals surface area contributed by atoms with Crippen molar-refractivity contribution in [3.05, 3.63) is 34.6 Å². The maximum atomic E-state index is 12.7. The molecule has 0 aliphatic rings. The monoisotopic (exact) mass is 229 g/mol. The van der Waals surface area contributed by atoms with Crippen LogP contribution in [0, 0.1) is 5.82 Å². The third-order valence-electron chi connectivity index (χ3n) is 2.30. The Hall–Kier alpha value is -0.930. The fraction of sp³-hybridized carbons (Fsp3) is 0.364. The quantitative estimate of drug-likeness (QED) is 0.858. The predicted octanol–water partition coefficient (Wildman–Crippen LogP) is 2.20. The number of hydrogen-bond acceptors (Lipinski definition) is 2. The molecule has 0 bridgehead atoms. The van der Waals surface area contributed by atoms with Gasteiger partial charge in [0.1, 0.15) is 5.82 Å². The Morgan fingerprint density at radius 2 is 2.27 bits per heavy atom. The van der Waals surface area contributed by atoms with Crippen LogP contribution in [0.2, 0.25) is 5.02 Å². The van der Waals surface area contributed by atoms with Crippen molar-refractivity contribution in [1.29, 1.82) is 0 Å². The van der Waals surface area contributed by atoms with Crippen molar-refractivity contribution in [2.24, 2.45) is 0 Å². The lowest BCUT2D eigenvalue weighted by Crippen LogP contribution is -2.31. The second-order valence-corrected chi connectivity index (χ2v) is 3.80. The maximum absolute atomic E-state index is 12.7. The number of benzene rings is 1. The lowest BCUT2D eigenvalue weighted by atomic mass is 10.0. The number of ketones is 1. The van der Waals surface area contributed by atoms with Crippen LogP contribution in [-0.4, -0.2) is 18.9 Å². The van der Waals surface area contributed by atoms with Crippen LogP contribution in [-0.2, 0) is 11.2 Å². The Morgan fingerprint density at radius 1 is 1.60 bits per heavy atom. The number of nitrogens with one attached hydrogen (secondary N) is 1. The van der Waals surface area contributed by atoms with E-state index in [1.54, 1.807) is 14.0 Å². The molecule has 0 radical (unpaired) electrons. The van der Waals surface area contributed by atoms with Crippen molar-refractivity contribution >= 4 is 17.4 Å². The average Bonchev–Trinajstić information content (AvgIpc) is 2.20. The van der Waals surface area contributed by atoms with Gasteiger partial charge in [-0.2, -0.15) is 0 Å². The first-order chi connectivity index (χ1) is 7.04. The zero-order chi connectivity index (χ0) is 11.4. The lowest BCUT2D eigenvalue weighted by Gasteiger charge is -2.09. The van der Waals surface area contributed by atoms with Crippen LogP contribution in [0.5, 0.6) is 0 Å². The zero-order valence-corrected chi connectivity index (χ0v) is 9.44. The molecule has 15 heavy (non-hydrogen) atoms. The Labute approximate surface area is 93.4 Å². The molecule has 0 fully saturated rings. The first-order valence-electron chi connectivity index (χ1n) is 4.68. The third kappa shape index (κ3) is 3.29. The third-order valence-corrected chi connectivity index (χ3v) is 2.65. The molecule has 0 amide bonds. The van der Waals surface area contributed by atoms with E-state index in [0.29, 0.717) is 10.6 Å². The minimum absolute atomic E-state index is 0.0333. The van der Waals surface area contributed by atoms with E-state index in [0.717, 1.165) is 0 Å². The van der Waals surface area contributed by atoms with E-state index in [1.165, 1.54) is 18.2 Å². The summed E-state index contributed by atoms with van der Waals surface area (Å²) in [7, 11) is 1.72. The molecule has 2 nitrogen and oxygen atoms in total. The van der Waals surface area contributed by atoms with Gasteiger partial charge in [-0.3, -0.25) is 4.79 Å². The molecule has 1 N–H and O–H groups in total. The summed E-state index contributed by atoms with van der Waals surface area (Å²) in [5.41, 5.74) is 0.658. The topological polar surface area (TPSA) is 29.1 Å². The molecule has 1 unspecified atom stereocenters. The van der Waals surface area contributed by atoms with Gasteiger partial charge < -0.3 is 5.32 Å². The predicted molar refractivity (Wildman–Crippen MR) is 58.6 cm³/mol. The number of halogens is 2. The molecule has 82 valence electrons. The lowest BCUT2D eigenvalue weighted by molar-refractivity contribution is -0.119. The van der Waals surface area contributed by atoms with Crippen molar-refractivity contribution in [2.45, 2.75) is 19.4 Å². The average molecular weight is 230 g/mol. The molecule has 0 spiro atoms. The Bertz CT molecular complexity index is 368. The molecule has 0 aliphatic carbocycles. The van der Waals surface area contributed by atoms with Gasteiger partial charge in [-0.05, 0) is 31.7 Å². The summed E-state index contributed by atoms with van der Waals surface area (Å²) in [6.45, 7) is 1.78. The minimum Gasteiger partial charge on any atom is -0.311 e. The van der Waals surface area contributed by atoms with Gasteiger partial charge >= 0.3 is 0 Å². The van der Waals surface area contributed by atoms with Crippen LogP contribution >= 0.6 is 11.6 Å². The van der Waals surface area contributed by atoms with Gasteiger partial charge in [-0.25, -0.2) is 4.39 Å². The number of Topliss-reactive ketones (excluding diaryl/α,β-unsaturated/α-hetero) is 1. The van der Waals surface area contributed by atoms with Crippen molar-refractivity contribution in [3.63, 3.8) is 0 Å². The van der Waals surface area contributed by atoms with Crippen LogP contribution in [0.15, 0.2) is 18.2 Å². The maximum Gasteiger partial charge on any atom is 0.153 e. The molecular formula is C11H13ClFNO. The Balaban J connectivity index is 2.77. The number of carbonyl (C=O) groups is 1. The van der Waals surface area contributed by atoms with E-state index in [1.807, 2.05) is 0 Å². The highest BCUT2D eigenvalue weighted by molar-refractivity contribution is 6.31.